The van der Waals surface area contributed by atoms with Gasteiger partial charge in [-0.25, -0.2) is 0 Å². The van der Waals surface area contributed by atoms with Gasteiger partial charge in [0.25, 0.3) is 5.91 Å². The van der Waals surface area contributed by atoms with Crippen molar-refractivity contribution in [3.05, 3.63) is 40.0 Å². The molecule has 1 aromatic rings. The number of rotatable bonds is 7. The maximum atomic E-state index is 12.0. The fraction of sp³-hybridized carbons (Fsp3) is 0.333. The summed E-state index contributed by atoms with van der Waals surface area (Å²) in [5.74, 6) is -0.535. The van der Waals surface area contributed by atoms with Gasteiger partial charge in [0.05, 0.1) is 10.7 Å². The maximum Gasteiger partial charge on any atom is 0.267 e. The Kier molecular flexibility index (Phi) is 7.75. The average Bonchev–Trinajstić information content (AvgIpc) is 2.46. The number of hydrogen-bond donors (Lipinski definition) is 2. The molecule has 0 aliphatic heterocycles. The number of amides is 1. The molecule has 7 heteroatoms. The molecule has 0 saturated carbocycles. The Labute approximate surface area is 140 Å². The van der Waals surface area contributed by atoms with Crippen molar-refractivity contribution in [2.24, 2.45) is 0 Å². The molecule has 1 aromatic carbocycles. The predicted octanol–water partition coefficient (Wildman–Crippen LogP) is 2.88. The molecule has 1 amide bonds. The first-order valence-electron chi connectivity index (χ1n) is 6.69. The highest BCUT2D eigenvalue weighted by molar-refractivity contribution is 6.35. The van der Waals surface area contributed by atoms with E-state index in [2.05, 4.69) is 15.5 Å². The molecule has 0 heterocycles. The highest BCUT2D eigenvalue weighted by atomic mass is 35.5. The van der Waals surface area contributed by atoms with Gasteiger partial charge in [0.15, 0.2) is 0 Å². The van der Waals surface area contributed by atoms with Gasteiger partial charge in [-0.2, -0.15) is 5.26 Å². The van der Waals surface area contributed by atoms with Crippen molar-refractivity contribution < 1.29 is 4.79 Å². The van der Waals surface area contributed by atoms with Crippen molar-refractivity contribution >= 4 is 34.8 Å². The molecule has 0 aromatic heterocycles. The maximum absolute atomic E-state index is 12.0. The predicted molar refractivity (Wildman–Crippen MR) is 90.0 cm³/mol. The van der Waals surface area contributed by atoms with Crippen molar-refractivity contribution in [1.29, 1.82) is 5.26 Å². The van der Waals surface area contributed by atoms with Gasteiger partial charge in [0.2, 0.25) is 0 Å². The summed E-state index contributed by atoms with van der Waals surface area (Å²) in [6, 6.07) is 6.58. The third-order valence-electron chi connectivity index (χ3n) is 2.71. The fourth-order valence-corrected chi connectivity index (χ4v) is 1.94. The topological polar surface area (TPSA) is 68.2 Å². The number of hydrogen-bond acceptors (Lipinski definition) is 4. The number of nitrogens with zero attached hydrogens (tertiary/aromatic N) is 2. The van der Waals surface area contributed by atoms with Crippen LogP contribution in [-0.2, 0) is 4.79 Å². The second kappa shape index (κ2) is 9.31. The zero-order valence-corrected chi connectivity index (χ0v) is 14.0. The van der Waals surface area contributed by atoms with Crippen LogP contribution < -0.4 is 10.6 Å². The third-order valence-corrected chi connectivity index (χ3v) is 3.28. The van der Waals surface area contributed by atoms with E-state index in [4.69, 9.17) is 28.5 Å². The Bertz CT molecular complexity index is 594. The summed E-state index contributed by atoms with van der Waals surface area (Å²) in [4.78, 5) is 14.1. The molecule has 0 aliphatic rings. The van der Waals surface area contributed by atoms with Gasteiger partial charge >= 0.3 is 0 Å². The lowest BCUT2D eigenvalue weighted by Gasteiger charge is -2.09. The van der Waals surface area contributed by atoms with E-state index in [0.29, 0.717) is 22.3 Å². The van der Waals surface area contributed by atoms with E-state index in [1.807, 2.05) is 20.2 Å². The van der Waals surface area contributed by atoms with Crippen molar-refractivity contribution in [1.82, 2.24) is 10.2 Å². The van der Waals surface area contributed by atoms with Crippen molar-refractivity contribution in [3.8, 4) is 6.07 Å². The summed E-state index contributed by atoms with van der Waals surface area (Å²) in [6.07, 6.45) is 2.31. The molecule has 1 rings (SSSR count). The number of nitrogens with one attached hydrogen (secondary N) is 2. The van der Waals surface area contributed by atoms with Crippen LogP contribution >= 0.6 is 23.2 Å². The van der Waals surface area contributed by atoms with Gasteiger partial charge in [0, 0.05) is 17.8 Å². The van der Waals surface area contributed by atoms with Crippen LogP contribution in [0.5, 0.6) is 0 Å². The van der Waals surface area contributed by atoms with Gasteiger partial charge in [-0.3, -0.25) is 4.79 Å². The molecule has 22 heavy (non-hydrogen) atoms. The molecule has 118 valence electrons. The minimum atomic E-state index is -0.535. The molecule has 0 radical (unpaired) electrons. The van der Waals surface area contributed by atoms with E-state index < -0.39 is 5.91 Å². The first-order valence-corrected chi connectivity index (χ1v) is 7.44. The molecule has 0 unspecified atom stereocenters. The monoisotopic (exact) mass is 340 g/mol. The summed E-state index contributed by atoms with van der Waals surface area (Å²) >= 11 is 11.8. The second-order valence-electron chi connectivity index (χ2n) is 4.86. The third kappa shape index (κ3) is 6.35. The lowest BCUT2D eigenvalue weighted by Crippen LogP contribution is -2.20. The number of anilines is 1. The molecule has 0 aliphatic carbocycles. The smallest absolute Gasteiger partial charge is 0.267 e. The Morgan fingerprint density at radius 3 is 2.77 bits per heavy atom. The lowest BCUT2D eigenvalue weighted by atomic mass is 10.2. The van der Waals surface area contributed by atoms with Crippen molar-refractivity contribution in [3.63, 3.8) is 0 Å². The standard InChI is InChI=1S/C15H18Cl2N4O/c1-21(2)7-3-6-19-10-11(9-18)15(22)20-14-8-12(16)4-5-13(14)17/h4-5,8,10,19H,3,6-7H2,1-2H3,(H,20,22)/b11-10-. The van der Waals surface area contributed by atoms with Crippen LogP contribution in [0.4, 0.5) is 5.69 Å². The SMILES string of the molecule is CN(C)CCCN/C=C(/C#N)C(=O)Nc1cc(Cl)ccc1Cl. The molecule has 0 spiro atoms. The Balaban J connectivity index is 2.61. The molecule has 2 N–H and O–H groups in total. The molecule has 5 nitrogen and oxygen atoms in total. The van der Waals surface area contributed by atoms with Gasteiger partial charge < -0.3 is 15.5 Å². The van der Waals surface area contributed by atoms with Crippen LogP contribution in [0.2, 0.25) is 10.0 Å². The normalized spacial score (nSPS) is 11.2. The lowest BCUT2D eigenvalue weighted by molar-refractivity contribution is -0.112. The van der Waals surface area contributed by atoms with Gasteiger partial charge in [0.1, 0.15) is 11.6 Å². The number of carbonyl (C=O) groups excluding carboxylic acids is 1. The average molecular weight is 341 g/mol. The minimum Gasteiger partial charge on any atom is -0.390 e. The van der Waals surface area contributed by atoms with Crippen molar-refractivity contribution in [2.45, 2.75) is 6.42 Å². The van der Waals surface area contributed by atoms with Crippen LogP contribution in [0.25, 0.3) is 0 Å². The number of carbonyl (C=O) groups is 1. The van der Waals surface area contributed by atoms with Crippen LogP contribution in [-0.4, -0.2) is 38.0 Å². The summed E-state index contributed by atoms with van der Waals surface area (Å²) in [7, 11) is 3.97. The molecule has 0 bridgehead atoms. The number of benzene rings is 1. The Morgan fingerprint density at radius 1 is 1.41 bits per heavy atom. The summed E-state index contributed by atoms with van der Waals surface area (Å²) in [5, 5.41) is 15.4. The molecular weight excluding hydrogens is 323 g/mol. The first-order chi connectivity index (χ1) is 10.4. The zero-order valence-electron chi connectivity index (χ0n) is 12.5. The van der Waals surface area contributed by atoms with Gasteiger partial charge in [-0.15, -0.1) is 0 Å². The number of halogens is 2. The highest BCUT2D eigenvalue weighted by Gasteiger charge is 2.11. The molecule has 0 fully saturated rings. The second-order valence-corrected chi connectivity index (χ2v) is 5.70. The number of nitriles is 1. The summed E-state index contributed by atoms with van der Waals surface area (Å²) in [6.45, 7) is 1.60. The Hall–Kier alpha value is -1.74. The van der Waals surface area contributed by atoms with Crippen LogP contribution in [0.15, 0.2) is 30.0 Å². The van der Waals surface area contributed by atoms with Crippen LogP contribution in [0, 0.1) is 11.3 Å². The van der Waals surface area contributed by atoms with Gasteiger partial charge in [-0.1, -0.05) is 23.2 Å². The molecule has 0 saturated heterocycles. The largest absolute Gasteiger partial charge is 0.390 e. The van der Waals surface area contributed by atoms with Crippen molar-refractivity contribution in [2.75, 3.05) is 32.5 Å². The van der Waals surface area contributed by atoms with E-state index in [9.17, 15) is 4.79 Å². The zero-order chi connectivity index (χ0) is 16.5. The highest BCUT2D eigenvalue weighted by Crippen LogP contribution is 2.25. The van der Waals surface area contributed by atoms with Gasteiger partial charge in [-0.05, 0) is 45.3 Å². The first kappa shape index (κ1) is 18.3. The summed E-state index contributed by atoms with van der Waals surface area (Å²) < 4.78 is 0. The van der Waals surface area contributed by atoms with E-state index in [0.717, 1.165) is 13.0 Å². The Morgan fingerprint density at radius 2 is 2.14 bits per heavy atom. The molecule has 0 atom stereocenters. The van der Waals surface area contributed by atoms with E-state index in [1.54, 1.807) is 12.1 Å². The fourth-order valence-electron chi connectivity index (χ4n) is 1.60. The van der Waals surface area contributed by atoms with E-state index >= 15 is 0 Å². The van der Waals surface area contributed by atoms with Crippen LogP contribution in [0.3, 0.4) is 0 Å². The summed E-state index contributed by atoms with van der Waals surface area (Å²) in [5.41, 5.74) is 0.341. The van der Waals surface area contributed by atoms with Crippen LogP contribution in [0.1, 0.15) is 6.42 Å². The van der Waals surface area contributed by atoms with E-state index in [1.165, 1.54) is 12.3 Å². The van der Waals surface area contributed by atoms with E-state index in [-0.39, 0.29) is 5.57 Å². The minimum absolute atomic E-state index is 0.0269. The quantitative estimate of drug-likeness (QED) is 0.455. The molecular formula is C15H18Cl2N4O.